The molecule has 2 aliphatic rings. The van der Waals surface area contributed by atoms with Gasteiger partial charge in [0.15, 0.2) is 0 Å². The Labute approximate surface area is 80.4 Å². The molecule has 0 aromatic heterocycles. The van der Waals surface area contributed by atoms with Crippen LogP contribution in [0.25, 0.3) is 0 Å². The van der Waals surface area contributed by atoms with Gasteiger partial charge in [-0.05, 0) is 25.7 Å². The zero-order chi connectivity index (χ0) is 9.10. The molecule has 2 nitrogen and oxygen atoms in total. The number of allylic oxidation sites excluding steroid dienone is 1. The molecule has 1 atom stereocenters. The monoisotopic (exact) mass is 181 g/mol. The van der Waals surface area contributed by atoms with Crippen LogP contribution in [-0.2, 0) is 4.74 Å². The second kappa shape index (κ2) is 4.25. The molecule has 1 fully saturated rings. The van der Waals surface area contributed by atoms with Crippen LogP contribution in [-0.4, -0.2) is 25.3 Å². The lowest BCUT2D eigenvalue weighted by atomic mass is 9.93. The molecule has 0 spiro atoms. The molecule has 2 rings (SSSR count). The van der Waals surface area contributed by atoms with E-state index >= 15 is 0 Å². The fourth-order valence-electron chi connectivity index (χ4n) is 2.03. The third-order valence-electron chi connectivity index (χ3n) is 3.07. The van der Waals surface area contributed by atoms with Crippen molar-refractivity contribution in [1.82, 2.24) is 5.32 Å². The molecule has 13 heavy (non-hydrogen) atoms. The maximum atomic E-state index is 5.14. The summed E-state index contributed by atoms with van der Waals surface area (Å²) in [4.78, 5) is 0. The number of ether oxygens (including phenoxy) is 1. The van der Waals surface area contributed by atoms with Gasteiger partial charge in [0.1, 0.15) is 0 Å². The smallest absolute Gasteiger partial charge is 0.0643 e. The maximum absolute atomic E-state index is 5.14. The highest BCUT2D eigenvalue weighted by Crippen LogP contribution is 2.21. The van der Waals surface area contributed by atoms with Gasteiger partial charge in [0, 0.05) is 6.04 Å². The van der Waals surface area contributed by atoms with Crippen LogP contribution >= 0.6 is 0 Å². The van der Waals surface area contributed by atoms with Crippen LogP contribution in [0, 0.1) is 0 Å². The SMILES string of the molecule is CCC1=CCC(NC2COC2)CC1. The van der Waals surface area contributed by atoms with Gasteiger partial charge in [-0.1, -0.05) is 18.6 Å². The molecule has 0 amide bonds. The molecule has 1 unspecified atom stereocenters. The van der Waals surface area contributed by atoms with Crippen molar-refractivity contribution >= 4 is 0 Å². The summed E-state index contributed by atoms with van der Waals surface area (Å²) < 4.78 is 5.14. The highest BCUT2D eigenvalue weighted by atomic mass is 16.5. The maximum Gasteiger partial charge on any atom is 0.0643 e. The van der Waals surface area contributed by atoms with Crippen LogP contribution in [0.5, 0.6) is 0 Å². The van der Waals surface area contributed by atoms with E-state index < -0.39 is 0 Å². The van der Waals surface area contributed by atoms with Crippen LogP contribution in [0.1, 0.15) is 32.6 Å². The van der Waals surface area contributed by atoms with Crippen molar-refractivity contribution in [2.45, 2.75) is 44.7 Å². The van der Waals surface area contributed by atoms with E-state index in [-0.39, 0.29) is 0 Å². The minimum atomic E-state index is 0.640. The summed E-state index contributed by atoms with van der Waals surface area (Å²) in [6.45, 7) is 4.08. The Hall–Kier alpha value is -0.340. The second-order valence-corrected chi connectivity index (χ2v) is 4.09. The molecular formula is C11H19NO. The first-order valence-corrected chi connectivity index (χ1v) is 5.40. The summed E-state index contributed by atoms with van der Waals surface area (Å²) in [6.07, 6.45) is 7.48. The molecular weight excluding hydrogens is 162 g/mol. The first-order valence-electron chi connectivity index (χ1n) is 5.40. The third kappa shape index (κ3) is 2.32. The van der Waals surface area contributed by atoms with Gasteiger partial charge >= 0.3 is 0 Å². The van der Waals surface area contributed by atoms with Crippen molar-refractivity contribution in [3.63, 3.8) is 0 Å². The van der Waals surface area contributed by atoms with Crippen molar-refractivity contribution in [2.24, 2.45) is 0 Å². The van der Waals surface area contributed by atoms with E-state index in [1.807, 2.05) is 0 Å². The largest absolute Gasteiger partial charge is 0.378 e. The van der Waals surface area contributed by atoms with Crippen LogP contribution < -0.4 is 5.32 Å². The predicted molar refractivity (Wildman–Crippen MR) is 53.8 cm³/mol. The Balaban J connectivity index is 1.74. The summed E-state index contributed by atoms with van der Waals surface area (Å²) in [6, 6.07) is 1.35. The average molecular weight is 181 g/mol. The molecule has 2 heteroatoms. The molecule has 1 aliphatic carbocycles. The van der Waals surface area contributed by atoms with Gasteiger partial charge in [-0.2, -0.15) is 0 Å². The van der Waals surface area contributed by atoms with Gasteiger partial charge in [-0.25, -0.2) is 0 Å². The van der Waals surface area contributed by atoms with E-state index in [2.05, 4.69) is 18.3 Å². The molecule has 1 aliphatic heterocycles. The van der Waals surface area contributed by atoms with Gasteiger partial charge in [0.2, 0.25) is 0 Å². The lowest BCUT2D eigenvalue weighted by molar-refractivity contribution is -0.0105. The summed E-state index contributed by atoms with van der Waals surface area (Å²) in [5.74, 6) is 0. The zero-order valence-electron chi connectivity index (χ0n) is 8.38. The molecule has 74 valence electrons. The van der Waals surface area contributed by atoms with Gasteiger partial charge < -0.3 is 10.1 Å². The van der Waals surface area contributed by atoms with E-state index in [1.54, 1.807) is 5.57 Å². The Kier molecular flexibility index (Phi) is 3.01. The minimum absolute atomic E-state index is 0.640. The standard InChI is InChI=1S/C11H19NO/c1-2-9-3-5-10(6-4-9)12-11-7-13-8-11/h3,10-12H,2,4-8H2,1H3. The predicted octanol–water partition coefficient (Wildman–Crippen LogP) is 1.86. The first kappa shape index (κ1) is 9.22. The van der Waals surface area contributed by atoms with E-state index in [0.29, 0.717) is 12.1 Å². The highest BCUT2D eigenvalue weighted by molar-refractivity contribution is 5.07. The van der Waals surface area contributed by atoms with Crippen LogP contribution in [0.2, 0.25) is 0 Å². The van der Waals surface area contributed by atoms with Gasteiger partial charge in [0.25, 0.3) is 0 Å². The molecule has 1 N–H and O–H groups in total. The van der Waals surface area contributed by atoms with Crippen molar-refractivity contribution in [2.75, 3.05) is 13.2 Å². The lowest BCUT2D eigenvalue weighted by Crippen LogP contribution is -2.50. The fraction of sp³-hybridized carbons (Fsp3) is 0.818. The lowest BCUT2D eigenvalue weighted by Gasteiger charge is -2.33. The van der Waals surface area contributed by atoms with Crippen LogP contribution in [0.4, 0.5) is 0 Å². The van der Waals surface area contributed by atoms with Gasteiger partial charge in [-0.3, -0.25) is 0 Å². The molecule has 0 radical (unpaired) electrons. The number of hydrogen-bond acceptors (Lipinski definition) is 2. The molecule has 1 heterocycles. The van der Waals surface area contributed by atoms with Crippen molar-refractivity contribution in [1.29, 1.82) is 0 Å². The van der Waals surface area contributed by atoms with Crippen LogP contribution in [0.15, 0.2) is 11.6 Å². The normalized spacial score (nSPS) is 29.6. The molecule has 0 saturated carbocycles. The molecule has 1 saturated heterocycles. The zero-order valence-corrected chi connectivity index (χ0v) is 8.38. The van der Waals surface area contributed by atoms with Gasteiger partial charge in [-0.15, -0.1) is 0 Å². The van der Waals surface area contributed by atoms with E-state index in [1.165, 1.54) is 25.7 Å². The Morgan fingerprint density at radius 3 is 2.77 bits per heavy atom. The minimum Gasteiger partial charge on any atom is -0.378 e. The Morgan fingerprint density at radius 1 is 1.46 bits per heavy atom. The topological polar surface area (TPSA) is 21.3 Å². The molecule has 0 bridgehead atoms. The fourth-order valence-corrected chi connectivity index (χ4v) is 2.03. The summed E-state index contributed by atoms with van der Waals surface area (Å²) in [7, 11) is 0. The first-order chi connectivity index (χ1) is 6.38. The van der Waals surface area contributed by atoms with E-state index in [4.69, 9.17) is 4.74 Å². The molecule has 0 aromatic carbocycles. The Morgan fingerprint density at radius 2 is 2.31 bits per heavy atom. The van der Waals surface area contributed by atoms with Crippen molar-refractivity contribution in [3.05, 3.63) is 11.6 Å². The Bertz CT molecular complexity index is 196. The van der Waals surface area contributed by atoms with Crippen LogP contribution in [0.3, 0.4) is 0 Å². The van der Waals surface area contributed by atoms with E-state index in [9.17, 15) is 0 Å². The molecule has 0 aromatic rings. The number of hydrogen-bond donors (Lipinski definition) is 1. The third-order valence-corrected chi connectivity index (χ3v) is 3.07. The van der Waals surface area contributed by atoms with Crippen molar-refractivity contribution < 1.29 is 4.74 Å². The second-order valence-electron chi connectivity index (χ2n) is 4.09. The summed E-state index contributed by atoms with van der Waals surface area (Å²) in [5.41, 5.74) is 1.64. The summed E-state index contributed by atoms with van der Waals surface area (Å²) in [5, 5.41) is 3.63. The summed E-state index contributed by atoms with van der Waals surface area (Å²) >= 11 is 0. The highest BCUT2D eigenvalue weighted by Gasteiger charge is 2.22. The van der Waals surface area contributed by atoms with Gasteiger partial charge in [0.05, 0.1) is 19.3 Å². The number of nitrogens with one attached hydrogen (secondary N) is 1. The van der Waals surface area contributed by atoms with Crippen molar-refractivity contribution in [3.8, 4) is 0 Å². The van der Waals surface area contributed by atoms with E-state index in [0.717, 1.165) is 13.2 Å². The quantitative estimate of drug-likeness (QED) is 0.671. The number of rotatable bonds is 3. The average Bonchev–Trinajstić information content (AvgIpc) is 2.12.